The lowest BCUT2D eigenvalue weighted by Crippen LogP contribution is -2.56. The van der Waals surface area contributed by atoms with E-state index in [4.69, 9.17) is 16.3 Å². The fraction of sp³-hybridized carbons (Fsp3) is 0.565. The summed E-state index contributed by atoms with van der Waals surface area (Å²) in [5, 5.41) is 0.542. The minimum absolute atomic E-state index is 0.0373. The Labute approximate surface area is 199 Å². The van der Waals surface area contributed by atoms with E-state index in [0.717, 1.165) is 63.6 Å². The number of piperazine rings is 1. The fourth-order valence-electron chi connectivity index (χ4n) is 4.84. The van der Waals surface area contributed by atoms with Crippen molar-refractivity contribution < 1.29 is 17.5 Å². The van der Waals surface area contributed by atoms with Crippen LogP contribution < -0.4 is 9.64 Å². The Morgan fingerprint density at radius 3 is 2.45 bits per heavy atom. The van der Waals surface area contributed by atoms with Gasteiger partial charge in [0, 0.05) is 38.0 Å². The molecule has 10 heteroatoms. The zero-order valence-electron chi connectivity index (χ0n) is 19.0. The van der Waals surface area contributed by atoms with E-state index in [9.17, 15) is 12.8 Å². The summed E-state index contributed by atoms with van der Waals surface area (Å²) >= 11 is 5.90. The number of ether oxygens (including phenoxy) is 1. The molecule has 2 heterocycles. The van der Waals surface area contributed by atoms with Gasteiger partial charge in [-0.25, -0.2) is 22.8 Å². The summed E-state index contributed by atoms with van der Waals surface area (Å²) in [7, 11) is -3.44. The molecule has 1 atom stereocenters. The number of rotatable bonds is 6. The number of anilines is 1. The second kappa shape index (κ2) is 10.1. The summed E-state index contributed by atoms with van der Waals surface area (Å²) in [6.07, 6.45) is 8.57. The van der Waals surface area contributed by atoms with Gasteiger partial charge in [-0.3, -0.25) is 4.90 Å². The number of hydrogen-bond donors (Lipinski definition) is 0. The number of nitrogens with zero attached hydrogens (tertiary/aromatic N) is 4. The summed E-state index contributed by atoms with van der Waals surface area (Å²) in [5.74, 6) is 0.569. The molecule has 1 aliphatic heterocycles. The van der Waals surface area contributed by atoms with Crippen molar-refractivity contribution in [2.75, 3.05) is 37.4 Å². The van der Waals surface area contributed by atoms with Crippen LogP contribution in [0.1, 0.15) is 32.6 Å². The molecule has 0 N–H and O–H groups in total. The second-order valence-corrected chi connectivity index (χ2v) is 11.5. The summed E-state index contributed by atoms with van der Waals surface area (Å²) in [6.45, 7) is 5.43. The molecule has 1 aliphatic carbocycles. The molecule has 0 radical (unpaired) electrons. The van der Waals surface area contributed by atoms with Crippen molar-refractivity contribution >= 4 is 27.4 Å². The van der Waals surface area contributed by atoms with Crippen LogP contribution >= 0.6 is 11.6 Å². The van der Waals surface area contributed by atoms with Gasteiger partial charge in [0.1, 0.15) is 0 Å². The van der Waals surface area contributed by atoms with Gasteiger partial charge in [-0.1, -0.05) is 11.6 Å². The Bertz CT molecular complexity index is 1060. The quantitative estimate of drug-likeness (QED) is 0.601. The van der Waals surface area contributed by atoms with E-state index >= 15 is 0 Å². The average Bonchev–Trinajstić information content (AvgIpc) is 2.78. The monoisotopic (exact) mass is 496 g/mol. The standard InChI is InChI=1S/C23H30ClFN4O3S/c1-16-14-28(23-26-12-18(24)13-27-23)9-10-29(16)19-5-3-17(4-6-19)15-32-22-8-7-20(11-21(22)25)33(2,30)31/h7-8,11-13,16-17,19H,3-6,9-10,14-15H2,1-2H3. The van der Waals surface area contributed by atoms with Gasteiger partial charge in [-0.2, -0.15) is 0 Å². The van der Waals surface area contributed by atoms with E-state index in [1.54, 1.807) is 12.4 Å². The molecule has 1 aromatic carbocycles. The van der Waals surface area contributed by atoms with Gasteiger partial charge in [0.15, 0.2) is 21.4 Å². The van der Waals surface area contributed by atoms with Crippen molar-refractivity contribution in [1.82, 2.24) is 14.9 Å². The minimum Gasteiger partial charge on any atom is -0.490 e. The van der Waals surface area contributed by atoms with Gasteiger partial charge < -0.3 is 9.64 Å². The van der Waals surface area contributed by atoms with Crippen LogP contribution in [0, 0.1) is 11.7 Å². The first-order chi connectivity index (χ1) is 15.7. The van der Waals surface area contributed by atoms with Crippen LogP contribution in [0.3, 0.4) is 0 Å². The van der Waals surface area contributed by atoms with Gasteiger partial charge >= 0.3 is 0 Å². The normalized spacial score (nSPS) is 24.6. The minimum atomic E-state index is -3.44. The highest BCUT2D eigenvalue weighted by atomic mass is 35.5. The summed E-state index contributed by atoms with van der Waals surface area (Å²) in [5.41, 5.74) is 0. The predicted octanol–water partition coefficient (Wildman–Crippen LogP) is 3.82. The van der Waals surface area contributed by atoms with Gasteiger partial charge in [-0.15, -0.1) is 0 Å². The van der Waals surface area contributed by atoms with E-state index in [-0.39, 0.29) is 10.6 Å². The fourth-order valence-corrected chi connectivity index (χ4v) is 5.57. The maximum atomic E-state index is 14.2. The third-order valence-electron chi connectivity index (χ3n) is 6.66. The Morgan fingerprint density at radius 1 is 1.15 bits per heavy atom. The molecular weight excluding hydrogens is 467 g/mol. The van der Waals surface area contributed by atoms with Crippen LogP contribution in [0.2, 0.25) is 5.02 Å². The van der Waals surface area contributed by atoms with Crippen molar-refractivity contribution in [2.45, 2.75) is 49.6 Å². The third kappa shape index (κ3) is 5.94. The van der Waals surface area contributed by atoms with Crippen molar-refractivity contribution in [3.63, 3.8) is 0 Å². The molecule has 2 aromatic rings. The molecule has 1 saturated heterocycles. The first-order valence-corrected chi connectivity index (χ1v) is 13.6. The van der Waals surface area contributed by atoms with Crippen molar-refractivity contribution in [2.24, 2.45) is 5.92 Å². The highest BCUT2D eigenvalue weighted by Crippen LogP contribution is 2.31. The molecule has 1 aromatic heterocycles. The Morgan fingerprint density at radius 2 is 1.85 bits per heavy atom. The highest BCUT2D eigenvalue weighted by Gasteiger charge is 2.33. The molecule has 2 aliphatic rings. The number of benzene rings is 1. The van der Waals surface area contributed by atoms with Crippen LogP contribution in [-0.4, -0.2) is 67.9 Å². The lowest BCUT2D eigenvalue weighted by molar-refractivity contribution is 0.0773. The van der Waals surface area contributed by atoms with Gasteiger partial charge in [0.2, 0.25) is 5.95 Å². The smallest absolute Gasteiger partial charge is 0.225 e. The SMILES string of the molecule is CC1CN(c2ncc(Cl)cn2)CCN1C1CCC(COc2ccc(S(C)(=O)=O)cc2F)CC1. The van der Waals surface area contributed by atoms with Crippen molar-refractivity contribution in [1.29, 1.82) is 0 Å². The molecule has 2 fully saturated rings. The zero-order chi connectivity index (χ0) is 23.6. The lowest BCUT2D eigenvalue weighted by Gasteiger charge is -2.46. The first kappa shape index (κ1) is 24.2. The summed E-state index contributed by atoms with van der Waals surface area (Å²) in [4.78, 5) is 13.5. The van der Waals surface area contributed by atoms with E-state index in [0.29, 0.717) is 29.6 Å². The molecule has 7 nitrogen and oxygen atoms in total. The molecule has 1 unspecified atom stereocenters. The Balaban J connectivity index is 1.25. The first-order valence-electron chi connectivity index (χ1n) is 11.3. The largest absolute Gasteiger partial charge is 0.490 e. The maximum absolute atomic E-state index is 14.2. The lowest BCUT2D eigenvalue weighted by atomic mass is 9.85. The van der Waals surface area contributed by atoms with Crippen LogP contribution in [0.4, 0.5) is 10.3 Å². The van der Waals surface area contributed by atoms with Crippen LogP contribution in [0.5, 0.6) is 5.75 Å². The predicted molar refractivity (Wildman–Crippen MR) is 126 cm³/mol. The number of sulfone groups is 1. The molecule has 180 valence electrons. The van der Waals surface area contributed by atoms with E-state index in [1.807, 2.05) is 0 Å². The van der Waals surface area contributed by atoms with Crippen molar-refractivity contribution in [3.8, 4) is 5.75 Å². The van der Waals surface area contributed by atoms with Crippen LogP contribution in [-0.2, 0) is 9.84 Å². The summed E-state index contributed by atoms with van der Waals surface area (Å²) < 4.78 is 43.1. The van der Waals surface area contributed by atoms with Gasteiger partial charge in [0.05, 0.1) is 28.9 Å². The van der Waals surface area contributed by atoms with Crippen LogP contribution in [0.25, 0.3) is 0 Å². The van der Waals surface area contributed by atoms with Gasteiger partial charge in [-0.05, 0) is 56.7 Å². The van der Waals surface area contributed by atoms with Gasteiger partial charge in [0.25, 0.3) is 0 Å². The zero-order valence-corrected chi connectivity index (χ0v) is 20.5. The molecule has 0 spiro atoms. The summed E-state index contributed by atoms with van der Waals surface area (Å²) in [6, 6.07) is 4.76. The Kier molecular flexibility index (Phi) is 7.40. The molecule has 0 bridgehead atoms. The van der Waals surface area contributed by atoms with E-state index < -0.39 is 15.7 Å². The third-order valence-corrected chi connectivity index (χ3v) is 7.97. The van der Waals surface area contributed by atoms with E-state index in [2.05, 4.69) is 26.7 Å². The maximum Gasteiger partial charge on any atom is 0.225 e. The van der Waals surface area contributed by atoms with Crippen LogP contribution in [0.15, 0.2) is 35.5 Å². The number of aromatic nitrogens is 2. The molecule has 1 saturated carbocycles. The van der Waals surface area contributed by atoms with Crippen molar-refractivity contribution in [3.05, 3.63) is 41.4 Å². The number of halogens is 2. The molecule has 33 heavy (non-hydrogen) atoms. The second-order valence-electron chi connectivity index (χ2n) is 9.08. The highest BCUT2D eigenvalue weighted by molar-refractivity contribution is 7.90. The number of hydrogen-bond acceptors (Lipinski definition) is 7. The molecular formula is C23H30ClFN4O3S. The Hall–Kier alpha value is -1.97. The average molecular weight is 497 g/mol. The van der Waals surface area contributed by atoms with E-state index in [1.165, 1.54) is 12.1 Å². The molecule has 0 amide bonds. The topological polar surface area (TPSA) is 75.6 Å². The molecule has 4 rings (SSSR count).